The molecule has 0 atom stereocenters. The minimum absolute atomic E-state index is 0.230. The topological polar surface area (TPSA) is 78.9 Å². The summed E-state index contributed by atoms with van der Waals surface area (Å²) in [5, 5.41) is 3.51. The van der Waals surface area contributed by atoms with Crippen molar-refractivity contribution in [1.82, 2.24) is 4.31 Å². The van der Waals surface area contributed by atoms with Crippen LogP contribution in [0.4, 0.5) is 11.4 Å². The second kappa shape index (κ2) is 10.7. The van der Waals surface area contributed by atoms with E-state index in [9.17, 15) is 13.2 Å². The maximum absolute atomic E-state index is 12.7. The first-order chi connectivity index (χ1) is 16.7. The highest BCUT2D eigenvalue weighted by Gasteiger charge is 2.17. The zero-order chi connectivity index (χ0) is 25.0. The van der Waals surface area contributed by atoms with Gasteiger partial charge in [-0.3, -0.25) is 4.79 Å². The lowest BCUT2D eigenvalue weighted by Gasteiger charge is -2.19. The molecule has 35 heavy (non-hydrogen) atoms. The highest BCUT2D eigenvalue weighted by Crippen LogP contribution is 2.31. The first-order valence-electron chi connectivity index (χ1n) is 11.3. The number of nitrogens with zero attached hydrogens (tertiary/aromatic N) is 2. The Morgan fingerprint density at radius 2 is 1.66 bits per heavy atom. The first-order valence-corrected chi connectivity index (χ1v) is 13.2. The predicted molar refractivity (Wildman–Crippen MR) is 139 cm³/mol. The van der Waals surface area contributed by atoms with Crippen LogP contribution in [0, 0.1) is 0 Å². The van der Waals surface area contributed by atoms with E-state index in [1.165, 1.54) is 31.2 Å². The molecule has 1 heterocycles. The third kappa shape index (κ3) is 5.96. The van der Waals surface area contributed by atoms with Gasteiger partial charge in [-0.25, -0.2) is 12.7 Å². The third-order valence-corrected chi connectivity index (χ3v) is 8.01. The number of carbonyl (C=O) groups excluding carboxylic acids is 1. The van der Waals surface area contributed by atoms with Crippen LogP contribution in [0.3, 0.4) is 0 Å². The van der Waals surface area contributed by atoms with Gasteiger partial charge in [0.25, 0.3) is 5.91 Å². The van der Waals surface area contributed by atoms with Gasteiger partial charge in [0.2, 0.25) is 10.0 Å². The highest BCUT2D eigenvalue weighted by molar-refractivity contribution is 7.89. The average molecular weight is 514 g/mol. The Bertz CT molecular complexity index is 1290. The summed E-state index contributed by atoms with van der Waals surface area (Å²) in [6.45, 7) is 2.28. The molecule has 1 amide bonds. The van der Waals surface area contributed by atoms with Crippen LogP contribution in [0.2, 0.25) is 5.02 Å². The van der Waals surface area contributed by atoms with E-state index in [1.807, 2.05) is 12.1 Å². The number of rotatable bonds is 8. The Balaban J connectivity index is 1.33. The van der Waals surface area contributed by atoms with E-state index < -0.39 is 10.0 Å². The van der Waals surface area contributed by atoms with E-state index in [-0.39, 0.29) is 17.4 Å². The zero-order valence-electron chi connectivity index (χ0n) is 19.7. The average Bonchev–Trinajstić information content (AvgIpc) is 3.38. The fourth-order valence-corrected chi connectivity index (χ4v) is 5.04. The zero-order valence-corrected chi connectivity index (χ0v) is 21.3. The second-order valence-corrected chi connectivity index (χ2v) is 11.1. The molecule has 4 rings (SSSR count). The highest BCUT2D eigenvalue weighted by atomic mass is 35.5. The maximum Gasteiger partial charge on any atom is 0.255 e. The predicted octanol–water partition coefficient (Wildman–Crippen LogP) is 5.02. The van der Waals surface area contributed by atoms with Crippen molar-refractivity contribution in [3.63, 3.8) is 0 Å². The van der Waals surface area contributed by atoms with Gasteiger partial charge in [0.15, 0.2) is 0 Å². The van der Waals surface area contributed by atoms with E-state index in [0.29, 0.717) is 22.0 Å². The van der Waals surface area contributed by atoms with E-state index in [2.05, 4.69) is 10.2 Å². The Hall–Kier alpha value is -3.07. The van der Waals surface area contributed by atoms with Crippen molar-refractivity contribution >= 4 is 38.9 Å². The van der Waals surface area contributed by atoms with Gasteiger partial charge in [-0.15, -0.1) is 0 Å². The molecule has 0 spiro atoms. The van der Waals surface area contributed by atoms with Crippen LogP contribution in [0.1, 0.15) is 28.8 Å². The summed E-state index contributed by atoms with van der Waals surface area (Å²) in [6, 6.07) is 19.0. The van der Waals surface area contributed by atoms with E-state index in [0.717, 1.165) is 24.3 Å². The van der Waals surface area contributed by atoms with Crippen LogP contribution in [-0.4, -0.2) is 45.8 Å². The Morgan fingerprint density at radius 3 is 2.26 bits per heavy atom. The quantitative estimate of drug-likeness (QED) is 0.457. The van der Waals surface area contributed by atoms with Gasteiger partial charge in [0, 0.05) is 38.4 Å². The van der Waals surface area contributed by atoms with Crippen molar-refractivity contribution in [3.05, 3.63) is 82.9 Å². The third-order valence-electron chi connectivity index (χ3n) is 5.88. The molecule has 1 aliphatic heterocycles. The van der Waals surface area contributed by atoms with Crippen LogP contribution in [0.5, 0.6) is 5.75 Å². The monoisotopic (exact) mass is 513 g/mol. The Kier molecular flexibility index (Phi) is 7.64. The van der Waals surface area contributed by atoms with Gasteiger partial charge >= 0.3 is 0 Å². The van der Waals surface area contributed by atoms with Gasteiger partial charge in [0.05, 0.1) is 15.6 Å². The van der Waals surface area contributed by atoms with Gasteiger partial charge in [-0.05, 0) is 73.0 Å². The number of halogens is 1. The maximum atomic E-state index is 12.7. The van der Waals surface area contributed by atoms with Crippen LogP contribution >= 0.6 is 11.6 Å². The van der Waals surface area contributed by atoms with Crippen LogP contribution in [0.15, 0.2) is 71.6 Å². The molecule has 3 aromatic rings. The number of hydrogen-bond donors (Lipinski definition) is 1. The van der Waals surface area contributed by atoms with E-state index in [1.54, 1.807) is 54.6 Å². The Labute approximate surface area is 211 Å². The van der Waals surface area contributed by atoms with Crippen LogP contribution in [0.25, 0.3) is 0 Å². The molecule has 1 fully saturated rings. The van der Waals surface area contributed by atoms with Crippen LogP contribution < -0.4 is 15.0 Å². The smallest absolute Gasteiger partial charge is 0.255 e. The fourth-order valence-electron chi connectivity index (χ4n) is 3.84. The number of nitrogens with one attached hydrogen (secondary N) is 1. The molecule has 0 bridgehead atoms. The lowest BCUT2D eigenvalue weighted by molar-refractivity contribution is 0.102. The number of amides is 1. The normalized spacial score (nSPS) is 13.8. The fraction of sp³-hybridized carbons (Fsp3) is 0.269. The molecule has 9 heteroatoms. The van der Waals surface area contributed by atoms with Crippen molar-refractivity contribution in [2.75, 3.05) is 37.4 Å². The molecule has 0 aliphatic carbocycles. The standard InChI is InChI=1S/C26H28ClN3O4S/c1-29(2)35(32,33)23-12-5-19(6-13-23)18-34-22-10-7-20(8-11-22)26(31)28-21-9-14-25(24(27)17-21)30-15-3-4-16-30/h5-14,17H,3-4,15-16,18H2,1-2H3,(H,28,31). The van der Waals surface area contributed by atoms with E-state index in [4.69, 9.17) is 16.3 Å². The number of sulfonamides is 1. The molecular weight excluding hydrogens is 486 g/mol. The molecule has 3 aromatic carbocycles. The summed E-state index contributed by atoms with van der Waals surface area (Å²) >= 11 is 6.45. The van der Waals surface area contributed by atoms with Crippen LogP contribution in [-0.2, 0) is 16.6 Å². The molecule has 0 unspecified atom stereocenters. The summed E-state index contributed by atoms with van der Waals surface area (Å²) in [5.41, 5.74) is 2.97. The SMILES string of the molecule is CN(C)S(=O)(=O)c1ccc(COc2ccc(C(=O)Nc3ccc(N4CCCC4)c(Cl)c3)cc2)cc1. The minimum atomic E-state index is -3.46. The van der Waals surface area contributed by atoms with Crippen molar-refractivity contribution in [1.29, 1.82) is 0 Å². The lowest BCUT2D eigenvalue weighted by atomic mass is 10.2. The second-order valence-electron chi connectivity index (χ2n) is 8.56. The Morgan fingerprint density at radius 1 is 1.00 bits per heavy atom. The molecule has 7 nitrogen and oxygen atoms in total. The molecule has 0 aromatic heterocycles. The molecular formula is C26H28ClN3O4S. The summed E-state index contributed by atoms with van der Waals surface area (Å²) in [4.78, 5) is 15.1. The van der Waals surface area contributed by atoms with Gasteiger partial charge in [-0.2, -0.15) is 0 Å². The van der Waals surface area contributed by atoms with E-state index >= 15 is 0 Å². The molecule has 1 saturated heterocycles. The first kappa shape index (κ1) is 25.0. The van der Waals surface area contributed by atoms with Gasteiger partial charge < -0.3 is 15.0 Å². The summed E-state index contributed by atoms with van der Waals surface area (Å²) in [5.74, 6) is 0.365. The minimum Gasteiger partial charge on any atom is -0.489 e. The molecule has 0 radical (unpaired) electrons. The van der Waals surface area contributed by atoms with Gasteiger partial charge in [0.1, 0.15) is 12.4 Å². The van der Waals surface area contributed by atoms with Crippen molar-refractivity contribution in [2.24, 2.45) is 0 Å². The molecule has 184 valence electrons. The van der Waals surface area contributed by atoms with Gasteiger partial charge in [-0.1, -0.05) is 23.7 Å². The van der Waals surface area contributed by atoms with Crippen molar-refractivity contribution in [2.45, 2.75) is 24.3 Å². The number of hydrogen-bond acceptors (Lipinski definition) is 5. The summed E-state index contributed by atoms with van der Waals surface area (Å²) in [7, 11) is -0.467. The molecule has 1 N–H and O–H groups in total. The summed E-state index contributed by atoms with van der Waals surface area (Å²) in [6.07, 6.45) is 2.34. The van der Waals surface area contributed by atoms with Crippen molar-refractivity contribution in [3.8, 4) is 5.75 Å². The lowest BCUT2D eigenvalue weighted by Crippen LogP contribution is -2.22. The number of ether oxygens (including phenoxy) is 1. The largest absolute Gasteiger partial charge is 0.489 e. The van der Waals surface area contributed by atoms with Crippen molar-refractivity contribution < 1.29 is 17.9 Å². The number of anilines is 2. The molecule has 0 saturated carbocycles. The number of benzene rings is 3. The molecule has 1 aliphatic rings. The summed E-state index contributed by atoms with van der Waals surface area (Å²) < 4.78 is 31.3. The number of carbonyl (C=O) groups is 1.